The number of fused-ring (bicyclic) bond motifs is 1. The van der Waals surface area contributed by atoms with Crippen LogP contribution in [0.15, 0.2) is 60.7 Å². The maximum atomic E-state index is 15.3. The monoisotopic (exact) mass is 520 g/mol. The molecule has 2 aliphatic rings. The van der Waals surface area contributed by atoms with Crippen LogP contribution in [0.1, 0.15) is 88.2 Å². The zero-order chi connectivity index (χ0) is 26.5. The zero-order valence-electron chi connectivity index (χ0n) is 22.4. The van der Waals surface area contributed by atoms with Gasteiger partial charge >= 0.3 is 0 Å². The highest BCUT2D eigenvalue weighted by Gasteiger charge is 2.36. The molecule has 3 aromatic carbocycles. The Morgan fingerprint density at radius 1 is 0.763 bits per heavy atom. The van der Waals surface area contributed by atoms with Gasteiger partial charge in [0.05, 0.1) is 5.56 Å². The van der Waals surface area contributed by atoms with Crippen molar-refractivity contribution in [3.63, 3.8) is 0 Å². The lowest BCUT2D eigenvalue weighted by atomic mass is 9.63. The van der Waals surface area contributed by atoms with E-state index in [1.807, 2.05) is 30.3 Å². The quantitative estimate of drug-likeness (QED) is 0.255. The molecular formula is C34H39F3O. The number of benzene rings is 3. The molecule has 5 rings (SSSR count). The van der Waals surface area contributed by atoms with Gasteiger partial charge in [0, 0.05) is 0 Å². The summed E-state index contributed by atoms with van der Waals surface area (Å²) in [6, 6.07) is 16.6. The molecule has 38 heavy (non-hydrogen) atoms. The second kappa shape index (κ2) is 12.4. The van der Waals surface area contributed by atoms with Gasteiger partial charge in [-0.1, -0.05) is 75.4 Å². The molecule has 4 atom stereocenters. The molecule has 2 fully saturated rings. The molecule has 3 aromatic rings. The molecule has 4 heteroatoms. The molecule has 0 N–H and O–H groups in total. The molecule has 0 saturated heterocycles. The van der Waals surface area contributed by atoms with Gasteiger partial charge in [0.1, 0.15) is 18.2 Å². The molecule has 0 bridgehead atoms. The Bertz CT molecular complexity index is 1180. The smallest absolute Gasteiger partial charge is 0.165 e. The fourth-order valence-corrected chi connectivity index (χ4v) is 6.85. The average Bonchev–Trinajstić information content (AvgIpc) is 2.92. The average molecular weight is 521 g/mol. The molecule has 202 valence electrons. The molecule has 0 spiro atoms. The van der Waals surface area contributed by atoms with Crippen molar-refractivity contribution >= 4 is 0 Å². The first-order chi connectivity index (χ1) is 18.5. The topological polar surface area (TPSA) is 9.23 Å². The highest BCUT2D eigenvalue weighted by molar-refractivity contribution is 5.66. The van der Waals surface area contributed by atoms with Crippen LogP contribution in [0, 0.1) is 35.2 Å². The minimum atomic E-state index is -0.634. The van der Waals surface area contributed by atoms with Gasteiger partial charge in [0.15, 0.2) is 11.6 Å². The van der Waals surface area contributed by atoms with E-state index >= 15 is 8.78 Å². The number of hydrogen-bond acceptors (Lipinski definition) is 1. The highest BCUT2D eigenvalue weighted by Crippen LogP contribution is 2.49. The van der Waals surface area contributed by atoms with E-state index in [0.29, 0.717) is 5.92 Å². The Labute approximate surface area is 225 Å². The summed E-state index contributed by atoms with van der Waals surface area (Å²) in [5, 5.41) is 0. The lowest BCUT2D eigenvalue weighted by Crippen LogP contribution is -2.30. The van der Waals surface area contributed by atoms with Crippen LogP contribution in [0.25, 0.3) is 11.1 Å². The Morgan fingerprint density at radius 3 is 2.24 bits per heavy atom. The number of ether oxygens (including phenoxy) is 1. The molecule has 0 amide bonds. The van der Waals surface area contributed by atoms with E-state index in [1.54, 1.807) is 0 Å². The zero-order valence-corrected chi connectivity index (χ0v) is 22.4. The molecule has 0 radical (unpaired) electrons. The first-order valence-corrected chi connectivity index (χ1v) is 14.5. The van der Waals surface area contributed by atoms with Gasteiger partial charge in [-0.3, -0.25) is 0 Å². The summed E-state index contributed by atoms with van der Waals surface area (Å²) in [6.45, 7) is 2.48. The Balaban J connectivity index is 1.24. The Morgan fingerprint density at radius 2 is 1.50 bits per heavy atom. The van der Waals surface area contributed by atoms with Crippen molar-refractivity contribution in [3.05, 3.63) is 89.2 Å². The summed E-state index contributed by atoms with van der Waals surface area (Å²) in [5.41, 5.74) is 1.66. The second-order valence-electron chi connectivity index (χ2n) is 11.5. The van der Waals surface area contributed by atoms with E-state index in [-0.39, 0.29) is 29.4 Å². The number of halogens is 3. The number of rotatable bonds is 9. The highest BCUT2D eigenvalue weighted by atomic mass is 19.1. The molecule has 2 aliphatic carbocycles. The summed E-state index contributed by atoms with van der Waals surface area (Å²) in [6.07, 6.45) is 12.4. The molecular weight excluding hydrogens is 481 g/mol. The summed E-state index contributed by atoms with van der Waals surface area (Å²) in [5.74, 6) is 0.668. The van der Waals surface area contributed by atoms with Crippen molar-refractivity contribution in [3.8, 4) is 16.9 Å². The third-order valence-corrected chi connectivity index (χ3v) is 8.93. The van der Waals surface area contributed by atoms with E-state index in [0.717, 1.165) is 48.3 Å². The van der Waals surface area contributed by atoms with Crippen molar-refractivity contribution in [2.24, 2.45) is 17.8 Å². The van der Waals surface area contributed by atoms with Gasteiger partial charge in [-0.05, 0) is 96.7 Å². The van der Waals surface area contributed by atoms with Gasteiger partial charge in [-0.2, -0.15) is 0 Å². The first kappa shape index (κ1) is 26.8. The standard InChI is InChI=1S/C34H39F3O/c1-2-3-5-8-23-11-12-26-18-27(14-13-25(26)17-23)29-20-31(36)34(32(37)21-29)28-15-16-33(30(35)19-28)38-22-24-9-6-4-7-10-24/h4,6-7,9-10,15-16,19-21,23,25-27H,2-3,5,8,11-14,17-18,22H2,1H3. The lowest BCUT2D eigenvalue weighted by molar-refractivity contribution is 0.113. The van der Waals surface area contributed by atoms with E-state index in [9.17, 15) is 4.39 Å². The van der Waals surface area contributed by atoms with E-state index in [1.165, 1.54) is 69.2 Å². The molecule has 0 aliphatic heterocycles. The van der Waals surface area contributed by atoms with Gasteiger partial charge in [0.25, 0.3) is 0 Å². The lowest BCUT2D eigenvalue weighted by Gasteiger charge is -2.42. The van der Waals surface area contributed by atoms with Crippen LogP contribution in [-0.2, 0) is 6.61 Å². The predicted octanol–water partition coefficient (Wildman–Crippen LogP) is 10.2. The molecule has 4 unspecified atom stereocenters. The Hall–Kier alpha value is -2.75. The van der Waals surface area contributed by atoms with Crippen LogP contribution in [0.5, 0.6) is 5.75 Å². The minimum Gasteiger partial charge on any atom is -0.486 e. The van der Waals surface area contributed by atoms with E-state index in [4.69, 9.17) is 4.74 Å². The maximum absolute atomic E-state index is 15.3. The first-order valence-electron chi connectivity index (χ1n) is 14.5. The summed E-state index contributed by atoms with van der Waals surface area (Å²) in [4.78, 5) is 0. The van der Waals surface area contributed by atoms with Crippen molar-refractivity contribution < 1.29 is 17.9 Å². The molecule has 1 nitrogen and oxygen atoms in total. The van der Waals surface area contributed by atoms with Crippen LogP contribution in [0.2, 0.25) is 0 Å². The van der Waals surface area contributed by atoms with Crippen LogP contribution in [0.4, 0.5) is 13.2 Å². The predicted molar refractivity (Wildman–Crippen MR) is 148 cm³/mol. The number of unbranched alkanes of at least 4 members (excludes halogenated alkanes) is 2. The van der Waals surface area contributed by atoms with Crippen molar-refractivity contribution in [1.29, 1.82) is 0 Å². The molecule has 0 aromatic heterocycles. The van der Waals surface area contributed by atoms with Gasteiger partial charge in [-0.15, -0.1) is 0 Å². The van der Waals surface area contributed by atoms with Crippen molar-refractivity contribution in [2.75, 3.05) is 0 Å². The van der Waals surface area contributed by atoms with Crippen LogP contribution in [-0.4, -0.2) is 0 Å². The maximum Gasteiger partial charge on any atom is 0.165 e. The third kappa shape index (κ3) is 6.27. The summed E-state index contributed by atoms with van der Waals surface area (Å²) >= 11 is 0. The largest absolute Gasteiger partial charge is 0.486 e. The summed E-state index contributed by atoms with van der Waals surface area (Å²) < 4.78 is 50.9. The normalized spacial score (nSPS) is 23.2. The minimum absolute atomic E-state index is 0.0619. The second-order valence-corrected chi connectivity index (χ2v) is 11.5. The van der Waals surface area contributed by atoms with Crippen LogP contribution in [0.3, 0.4) is 0 Å². The van der Waals surface area contributed by atoms with Crippen LogP contribution >= 0.6 is 0 Å². The van der Waals surface area contributed by atoms with Gasteiger partial charge < -0.3 is 4.74 Å². The fourth-order valence-electron chi connectivity index (χ4n) is 6.85. The third-order valence-electron chi connectivity index (χ3n) is 8.93. The van der Waals surface area contributed by atoms with E-state index in [2.05, 4.69) is 6.92 Å². The fraction of sp³-hybridized carbons (Fsp3) is 0.471. The Kier molecular flexibility index (Phi) is 8.76. The van der Waals surface area contributed by atoms with Crippen molar-refractivity contribution in [1.82, 2.24) is 0 Å². The van der Waals surface area contributed by atoms with Crippen LogP contribution < -0.4 is 4.74 Å². The van der Waals surface area contributed by atoms with Gasteiger partial charge in [0.2, 0.25) is 0 Å². The van der Waals surface area contributed by atoms with Crippen molar-refractivity contribution in [2.45, 2.75) is 83.7 Å². The van der Waals surface area contributed by atoms with Gasteiger partial charge in [-0.25, -0.2) is 13.2 Å². The SMILES string of the molecule is CCCCCC1CCC2CC(c3cc(F)c(-c4ccc(OCc5ccccc5)c(F)c4)c(F)c3)CCC2C1. The summed E-state index contributed by atoms with van der Waals surface area (Å²) in [7, 11) is 0. The number of hydrogen-bond donors (Lipinski definition) is 0. The van der Waals surface area contributed by atoms with E-state index < -0.39 is 17.5 Å². The molecule has 2 saturated carbocycles. The molecule has 0 heterocycles.